The van der Waals surface area contributed by atoms with Crippen LogP contribution in [0.1, 0.15) is 33.6 Å². The van der Waals surface area contributed by atoms with E-state index in [-0.39, 0.29) is 5.92 Å². The molecule has 0 aromatic rings. The lowest BCUT2D eigenvalue weighted by Gasteiger charge is -2.16. The van der Waals surface area contributed by atoms with Crippen LogP contribution in [-0.2, 0) is 4.79 Å². The predicted molar refractivity (Wildman–Crippen MR) is 57.7 cm³/mol. The van der Waals surface area contributed by atoms with Crippen LogP contribution in [0.2, 0.25) is 0 Å². The van der Waals surface area contributed by atoms with Gasteiger partial charge in [0.25, 0.3) is 0 Å². The fraction of sp³-hybridized carbons (Fsp3) is 0.800. The van der Waals surface area contributed by atoms with E-state index in [1.165, 1.54) is 0 Å². The van der Waals surface area contributed by atoms with Crippen LogP contribution < -0.4 is 10.6 Å². The Balaban J connectivity index is 4.05. The van der Waals surface area contributed by atoms with Crippen LogP contribution in [0.15, 0.2) is 0 Å². The van der Waals surface area contributed by atoms with Crippen molar-refractivity contribution in [1.29, 1.82) is 0 Å². The topological polar surface area (TPSA) is 78.4 Å². The highest BCUT2D eigenvalue weighted by Crippen LogP contribution is 2.04. The first-order valence-electron chi connectivity index (χ1n) is 5.24. The Morgan fingerprint density at radius 2 is 1.93 bits per heavy atom. The predicted octanol–water partition coefficient (Wildman–Crippen LogP) is 1.19. The van der Waals surface area contributed by atoms with E-state index in [1.54, 1.807) is 0 Å². The van der Waals surface area contributed by atoms with Gasteiger partial charge in [-0.15, -0.1) is 0 Å². The highest BCUT2D eigenvalue weighted by atomic mass is 16.4. The molecular formula is C10H20N2O3. The van der Waals surface area contributed by atoms with Gasteiger partial charge < -0.3 is 15.7 Å². The molecule has 0 rings (SSSR count). The number of rotatable bonds is 6. The van der Waals surface area contributed by atoms with Crippen molar-refractivity contribution in [3.8, 4) is 0 Å². The van der Waals surface area contributed by atoms with E-state index in [0.29, 0.717) is 13.0 Å². The third-order valence-electron chi connectivity index (χ3n) is 1.85. The maximum absolute atomic E-state index is 11.2. The van der Waals surface area contributed by atoms with E-state index >= 15 is 0 Å². The second kappa shape index (κ2) is 7.09. The zero-order valence-electron chi connectivity index (χ0n) is 9.54. The third kappa shape index (κ3) is 6.76. The van der Waals surface area contributed by atoms with Gasteiger partial charge in [0.05, 0.1) is 0 Å². The number of amides is 2. The van der Waals surface area contributed by atoms with Gasteiger partial charge in [-0.3, -0.25) is 0 Å². The van der Waals surface area contributed by atoms with Gasteiger partial charge in [0, 0.05) is 6.54 Å². The van der Waals surface area contributed by atoms with E-state index < -0.39 is 18.0 Å². The number of nitrogens with one attached hydrogen (secondary N) is 2. The number of carbonyl (C=O) groups is 2. The van der Waals surface area contributed by atoms with Crippen molar-refractivity contribution in [3.63, 3.8) is 0 Å². The van der Waals surface area contributed by atoms with E-state index in [4.69, 9.17) is 5.11 Å². The first-order chi connectivity index (χ1) is 6.97. The lowest BCUT2D eigenvalue weighted by Crippen LogP contribution is -2.46. The van der Waals surface area contributed by atoms with Crippen molar-refractivity contribution in [2.45, 2.75) is 39.7 Å². The number of carboxylic acid groups (broad SMARTS) is 1. The Morgan fingerprint density at radius 1 is 1.33 bits per heavy atom. The molecule has 0 fully saturated rings. The first-order valence-corrected chi connectivity index (χ1v) is 5.24. The number of carbonyl (C=O) groups excluding carboxylic acids is 1. The lowest BCUT2D eigenvalue weighted by atomic mass is 10.0. The summed E-state index contributed by atoms with van der Waals surface area (Å²) < 4.78 is 0. The molecule has 0 spiro atoms. The maximum Gasteiger partial charge on any atom is 0.326 e. The van der Waals surface area contributed by atoms with Crippen LogP contribution in [0.25, 0.3) is 0 Å². The average molecular weight is 216 g/mol. The van der Waals surface area contributed by atoms with Gasteiger partial charge in [0.1, 0.15) is 6.04 Å². The molecule has 0 heterocycles. The average Bonchev–Trinajstić information content (AvgIpc) is 2.12. The van der Waals surface area contributed by atoms with Gasteiger partial charge in [-0.2, -0.15) is 0 Å². The summed E-state index contributed by atoms with van der Waals surface area (Å²) in [7, 11) is 0. The van der Waals surface area contributed by atoms with Gasteiger partial charge >= 0.3 is 12.0 Å². The second-order valence-corrected chi connectivity index (χ2v) is 3.92. The Hall–Kier alpha value is -1.26. The minimum atomic E-state index is -0.990. The zero-order chi connectivity index (χ0) is 11.8. The van der Waals surface area contributed by atoms with Crippen LogP contribution in [0, 0.1) is 5.92 Å². The summed E-state index contributed by atoms with van der Waals surface area (Å²) in [6, 6.07) is -1.22. The van der Waals surface area contributed by atoms with E-state index in [2.05, 4.69) is 10.6 Å². The van der Waals surface area contributed by atoms with E-state index in [1.807, 2.05) is 20.8 Å². The summed E-state index contributed by atoms with van der Waals surface area (Å²) in [5.74, 6) is -0.757. The maximum atomic E-state index is 11.2. The molecule has 5 heteroatoms. The van der Waals surface area contributed by atoms with Crippen LogP contribution >= 0.6 is 0 Å². The quantitative estimate of drug-likeness (QED) is 0.624. The molecule has 15 heavy (non-hydrogen) atoms. The minimum Gasteiger partial charge on any atom is -0.480 e. The monoisotopic (exact) mass is 216 g/mol. The summed E-state index contributed by atoms with van der Waals surface area (Å²) in [4.78, 5) is 22.0. The van der Waals surface area contributed by atoms with Gasteiger partial charge in [-0.25, -0.2) is 9.59 Å². The summed E-state index contributed by atoms with van der Waals surface area (Å²) in [5.41, 5.74) is 0. The molecule has 0 aliphatic carbocycles. The largest absolute Gasteiger partial charge is 0.480 e. The SMILES string of the molecule is CCCNC(=O)N[C@H](CC(C)C)C(=O)O. The van der Waals surface area contributed by atoms with Crippen LogP contribution in [0.3, 0.4) is 0 Å². The summed E-state index contributed by atoms with van der Waals surface area (Å²) in [6.07, 6.45) is 1.27. The van der Waals surface area contributed by atoms with Gasteiger partial charge in [0.2, 0.25) is 0 Å². The fourth-order valence-electron chi connectivity index (χ4n) is 1.14. The molecule has 0 bridgehead atoms. The molecule has 3 N–H and O–H groups in total. The van der Waals surface area contributed by atoms with Crippen LogP contribution in [0.4, 0.5) is 4.79 Å². The Bertz CT molecular complexity index is 217. The number of urea groups is 1. The van der Waals surface area contributed by atoms with Crippen molar-refractivity contribution in [2.24, 2.45) is 5.92 Å². The molecule has 2 amide bonds. The van der Waals surface area contributed by atoms with Gasteiger partial charge in [-0.1, -0.05) is 20.8 Å². The molecule has 0 aromatic carbocycles. The molecular weight excluding hydrogens is 196 g/mol. The standard InChI is InChI=1S/C10H20N2O3/c1-4-5-11-10(15)12-8(9(13)14)6-7(2)3/h7-8H,4-6H2,1-3H3,(H,13,14)(H2,11,12,15)/t8-/m1/s1. The van der Waals surface area contributed by atoms with Gasteiger partial charge in [-0.05, 0) is 18.8 Å². The Labute approximate surface area is 90.2 Å². The second-order valence-electron chi connectivity index (χ2n) is 3.92. The number of carboxylic acids is 1. The smallest absolute Gasteiger partial charge is 0.326 e. The molecule has 0 aliphatic rings. The molecule has 0 saturated carbocycles. The first kappa shape index (κ1) is 13.7. The van der Waals surface area contributed by atoms with Crippen molar-refractivity contribution in [3.05, 3.63) is 0 Å². The van der Waals surface area contributed by atoms with Crippen LogP contribution in [-0.4, -0.2) is 29.7 Å². The molecule has 0 radical (unpaired) electrons. The van der Waals surface area contributed by atoms with E-state index in [0.717, 1.165) is 6.42 Å². The third-order valence-corrected chi connectivity index (χ3v) is 1.85. The van der Waals surface area contributed by atoms with Crippen molar-refractivity contribution in [2.75, 3.05) is 6.54 Å². The minimum absolute atomic E-state index is 0.234. The molecule has 5 nitrogen and oxygen atoms in total. The zero-order valence-corrected chi connectivity index (χ0v) is 9.54. The molecule has 0 unspecified atom stereocenters. The van der Waals surface area contributed by atoms with Crippen molar-refractivity contribution in [1.82, 2.24) is 10.6 Å². The van der Waals surface area contributed by atoms with Gasteiger partial charge in [0.15, 0.2) is 0 Å². The summed E-state index contributed by atoms with van der Waals surface area (Å²) in [5, 5.41) is 13.9. The summed E-state index contributed by atoms with van der Waals surface area (Å²) in [6.45, 7) is 6.33. The van der Waals surface area contributed by atoms with Crippen molar-refractivity contribution < 1.29 is 14.7 Å². The Morgan fingerprint density at radius 3 is 2.33 bits per heavy atom. The highest BCUT2D eigenvalue weighted by molar-refractivity contribution is 5.82. The number of hydrogen-bond acceptors (Lipinski definition) is 2. The van der Waals surface area contributed by atoms with Crippen molar-refractivity contribution >= 4 is 12.0 Å². The molecule has 0 saturated heterocycles. The normalized spacial score (nSPS) is 12.3. The molecule has 1 atom stereocenters. The molecule has 0 aromatic heterocycles. The molecule has 0 aliphatic heterocycles. The number of hydrogen-bond donors (Lipinski definition) is 3. The fourth-order valence-corrected chi connectivity index (χ4v) is 1.14. The van der Waals surface area contributed by atoms with E-state index in [9.17, 15) is 9.59 Å². The lowest BCUT2D eigenvalue weighted by molar-refractivity contribution is -0.139. The number of aliphatic carboxylic acids is 1. The summed E-state index contributed by atoms with van der Waals surface area (Å²) >= 11 is 0. The van der Waals surface area contributed by atoms with Crippen LogP contribution in [0.5, 0.6) is 0 Å². The molecule has 88 valence electrons. The highest BCUT2D eigenvalue weighted by Gasteiger charge is 2.20. The Kier molecular flexibility index (Phi) is 6.49.